The monoisotopic (exact) mass is 203 g/mol. The highest BCUT2D eigenvalue weighted by Gasteiger charge is 2.45. The molecule has 0 bridgehead atoms. The van der Waals surface area contributed by atoms with Crippen molar-refractivity contribution in [1.82, 2.24) is 0 Å². The molecule has 1 aliphatic heterocycles. The van der Waals surface area contributed by atoms with E-state index < -0.39 is 30.6 Å². The molecule has 1 aliphatic rings. The minimum absolute atomic E-state index is 0.782. The van der Waals surface area contributed by atoms with Crippen LogP contribution in [0.2, 0.25) is 0 Å². The van der Waals surface area contributed by atoms with Crippen LogP contribution in [0.3, 0.4) is 0 Å². The predicted molar refractivity (Wildman–Crippen MR) is 46.3 cm³/mol. The number of aliphatic hydroxyl groups is 2. The van der Waals surface area contributed by atoms with Crippen molar-refractivity contribution in [3.8, 4) is 0 Å². The summed E-state index contributed by atoms with van der Waals surface area (Å²) in [6.07, 6.45) is -3.48. The molecule has 0 saturated carbocycles. The molecule has 0 aliphatic carbocycles. The van der Waals surface area contributed by atoms with Crippen LogP contribution in [0, 0.1) is 0 Å². The molecule has 7 heteroatoms. The van der Waals surface area contributed by atoms with Crippen LogP contribution in [0.4, 0.5) is 0 Å². The Kier molecular flexibility index (Phi) is 3.68. The maximum atomic E-state index is 9.62. The number of hydrogen-bond donors (Lipinski definition) is 2. The van der Waals surface area contributed by atoms with Gasteiger partial charge in [0, 0.05) is 12.0 Å². The van der Waals surface area contributed by atoms with Gasteiger partial charge in [0.1, 0.15) is 12.1 Å². The molecule has 0 amide bonds. The van der Waals surface area contributed by atoms with Crippen molar-refractivity contribution in [1.29, 1.82) is 0 Å². The Labute approximate surface area is 80.9 Å². The molecule has 1 heterocycles. The van der Waals surface area contributed by atoms with E-state index in [-0.39, 0.29) is 0 Å². The predicted octanol–water partition coefficient (Wildman–Crippen LogP) is -0.222. The summed E-state index contributed by atoms with van der Waals surface area (Å²) in [5.74, 6) is 0. The van der Waals surface area contributed by atoms with Crippen molar-refractivity contribution in [2.24, 2.45) is 5.11 Å². The van der Waals surface area contributed by atoms with Crippen molar-refractivity contribution in [2.75, 3.05) is 7.11 Å². The maximum Gasteiger partial charge on any atom is 0.168 e. The molecule has 80 valence electrons. The van der Waals surface area contributed by atoms with E-state index in [0.29, 0.717) is 0 Å². The lowest BCUT2D eigenvalue weighted by atomic mass is 10.1. The first kappa shape index (κ1) is 11.2. The third-order valence-electron chi connectivity index (χ3n) is 2.15. The van der Waals surface area contributed by atoms with Gasteiger partial charge in [0.15, 0.2) is 6.29 Å². The van der Waals surface area contributed by atoms with Gasteiger partial charge in [-0.2, -0.15) is 0 Å². The van der Waals surface area contributed by atoms with Gasteiger partial charge < -0.3 is 19.7 Å². The smallest absolute Gasteiger partial charge is 0.168 e. The molecule has 0 radical (unpaired) electrons. The molecular weight excluding hydrogens is 190 g/mol. The summed E-state index contributed by atoms with van der Waals surface area (Å²) in [6, 6.07) is -0.815. The minimum atomic E-state index is -1.05. The first-order valence-electron chi connectivity index (χ1n) is 4.20. The standard InChI is InChI=1S/C7H13N3O4/c1-3(11)6-5(12)4(9-10-8)7(13-2)14-6/h3-7,11-12H,1-2H3/t3-,4-,5-,6+,7?/m1/s1. The van der Waals surface area contributed by atoms with E-state index in [0.717, 1.165) is 0 Å². The van der Waals surface area contributed by atoms with Crippen LogP contribution in [0.15, 0.2) is 5.11 Å². The van der Waals surface area contributed by atoms with Crippen molar-refractivity contribution >= 4 is 0 Å². The molecular formula is C7H13N3O4. The first-order valence-corrected chi connectivity index (χ1v) is 4.20. The zero-order valence-corrected chi connectivity index (χ0v) is 7.94. The van der Waals surface area contributed by atoms with Crippen LogP contribution in [-0.2, 0) is 9.47 Å². The van der Waals surface area contributed by atoms with Crippen LogP contribution in [-0.4, -0.2) is 48.0 Å². The molecule has 0 aromatic heterocycles. The van der Waals surface area contributed by atoms with E-state index in [2.05, 4.69) is 10.0 Å². The third-order valence-corrected chi connectivity index (χ3v) is 2.15. The molecule has 0 spiro atoms. The van der Waals surface area contributed by atoms with Gasteiger partial charge in [0.2, 0.25) is 0 Å². The van der Waals surface area contributed by atoms with Crippen LogP contribution in [0.1, 0.15) is 6.92 Å². The fraction of sp³-hybridized carbons (Fsp3) is 1.00. The molecule has 2 N–H and O–H groups in total. The number of nitrogens with zero attached hydrogens (tertiary/aromatic N) is 3. The number of hydrogen-bond acceptors (Lipinski definition) is 5. The van der Waals surface area contributed by atoms with Gasteiger partial charge >= 0.3 is 0 Å². The van der Waals surface area contributed by atoms with E-state index >= 15 is 0 Å². The average molecular weight is 203 g/mol. The van der Waals surface area contributed by atoms with Crippen molar-refractivity contribution in [3.05, 3.63) is 10.4 Å². The quantitative estimate of drug-likeness (QED) is 0.375. The number of azide groups is 1. The molecule has 1 saturated heterocycles. The third kappa shape index (κ3) is 1.97. The maximum absolute atomic E-state index is 9.62. The van der Waals surface area contributed by atoms with Crippen LogP contribution >= 0.6 is 0 Å². The van der Waals surface area contributed by atoms with Gasteiger partial charge in [-0.3, -0.25) is 0 Å². The summed E-state index contributed by atoms with van der Waals surface area (Å²) >= 11 is 0. The van der Waals surface area contributed by atoms with Gasteiger partial charge in [-0.15, -0.1) is 0 Å². The Bertz CT molecular complexity index is 241. The summed E-state index contributed by atoms with van der Waals surface area (Å²) in [7, 11) is 1.38. The van der Waals surface area contributed by atoms with E-state index in [1.165, 1.54) is 14.0 Å². The second kappa shape index (κ2) is 4.59. The zero-order chi connectivity index (χ0) is 10.7. The lowest BCUT2D eigenvalue weighted by Crippen LogP contribution is -2.36. The molecule has 0 aromatic carbocycles. The van der Waals surface area contributed by atoms with Gasteiger partial charge in [0.05, 0.1) is 12.2 Å². The zero-order valence-electron chi connectivity index (χ0n) is 7.94. The first-order chi connectivity index (χ1) is 6.61. The van der Waals surface area contributed by atoms with Gasteiger partial charge in [-0.25, -0.2) is 0 Å². The Balaban J connectivity index is 2.78. The lowest BCUT2D eigenvalue weighted by molar-refractivity contribution is -0.144. The van der Waals surface area contributed by atoms with Crippen molar-refractivity contribution in [3.63, 3.8) is 0 Å². The van der Waals surface area contributed by atoms with Crippen molar-refractivity contribution < 1.29 is 19.7 Å². The van der Waals surface area contributed by atoms with Gasteiger partial charge in [-0.1, -0.05) is 5.11 Å². The Morgan fingerprint density at radius 3 is 2.71 bits per heavy atom. The molecule has 14 heavy (non-hydrogen) atoms. The largest absolute Gasteiger partial charge is 0.391 e. The van der Waals surface area contributed by atoms with Gasteiger partial charge in [-0.05, 0) is 12.5 Å². The Morgan fingerprint density at radius 1 is 1.64 bits per heavy atom. The van der Waals surface area contributed by atoms with E-state index in [1.54, 1.807) is 0 Å². The Hall–Kier alpha value is -0.850. The van der Waals surface area contributed by atoms with Crippen molar-refractivity contribution in [2.45, 2.75) is 37.6 Å². The molecule has 5 atom stereocenters. The van der Waals surface area contributed by atoms with E-state index in [1.807, 2.05) is 0 Å². The molecule has 1 unspecified atom stereocenters. The fourth-order valence-corrected chi connectivity index (χ4v) is 1.45. The summed E-state index contributed by atoms with van der Waals surface area (Å²) in [6.45, 7) is 1.49. The summed E-state index contributed by atoms with van der Waals surface area (Å²) in [5.41, 5.74) is 8.26. The van der Waals surface area contributed by atoms with Gasteiger partial charge in [0.25, 0.3) is 0 Å². The number of ether oxygens (including phenoxy) is 2. The topological polar surface area (TPSA) is 108 Å². The second-order valence-corrected chi connectivity index (χ2v) is 3.13. The van der Waals surface area contributed by atoms with E-state index in [4.69, 9.17) is 15.0 Å². The fourth-order valence-electron chi connectivity index (χ4n) is 1.45. The number of aliphatic hydroxyl groups excluding tert-OH is 2. The summed E-state index contributed by atoms with van der Waals surface area (Å²) in [5, 5.41) is 22.2. The highest BCUT2D eigenvalue weighted by atomic mass is 16.7. The molecule has 1 rings (SSSR count). The highest BCUT2D eigenvalue weighted by Crippen LogP contribution is 2.26. The molecule has 0 aromatic rings. The number of rotatable bonds is 3. The number of methoxy groups -OCH3 is 1. The molecule has 1 fully saturated rings. The molecule has 7 nitrogen and oxygen atoms in total. The Morgan fingerprint density at radius 2 is 2.29 bits per heavy atom. The SMILES string of the molecule is COC1O[C@@H]([C@@H](C)O)[C@H](O)[C@H]1N=[N+]=[N-]. The van der Waals surface area contributed by atoms with Crippen LogP contribution in [0.5, 0.6) is 0 Å². The highest BCUT2D eigenvalue weighted by molar-refractivity contribution is 4.94. The summed E-state index contributed by atoms with van der Waals surface area (Å²) < 4.78 is 10.0. The normalized spacial score (nSPS) is 39.1. The van der Waals surface area contributed by atoms with Crippen LogP contribution in [0.25, 0.3) is 10.4 Å². The second-order valence-electron chi connectivity index (χ2n) is 3.13. The van der Waals surface area contributed by atoms with E-state index in [9.17, 15) is 10.2 Å². The average Bonchev–Trinajstić information content (AvgIpc) is 2.45. The minimum Gasteiger partial charge on any atom is -0.391 e. The van der Waals surface area contributed by atoms with Crippen LogP contribution < -0.4 is 0 Å². The summed E-state index contributed by atoms with van der Waals surface area (Å²) in [4.78, 5) is 2.58. The lowest BCUT2D eigenvalue weighted by Gasteiger charge is -2.16.